The molecule has 4 rings (SSSR count). The maximum Gasteiger partial charge on any atom is 0.253 e. The van der Waals surface area contributed by atoms with E-state index >= 15 is 0 Å². The van der Waals surface area contributed by atoms with Crippen molar-refractivity contribution >= 4 is 17.5 Å². The van der Waals surface area contributed by atoms with Crippen LogP contribution in [0.4, 0.5) is 0 Å². The molecule has 1 aromatic heterocycles. The van der Waals surface area contributed by atoms with Gasteiger partial charge in [0.15, 0.2) is 0 Å². The van der Waals surface area contributed by atoms with Crippen LogP contribution in [0.5, 0.6) is 5.75 Å². The highest BCUT2D eigenvalue weighted by Crippen LogP contribution is 2.29. The van der Waals surface area contributed by atoms with Gasteiger partial charge in [-0.3, -0.25) is 4.79 Å². The lowest BCUT2D eigenvalue weighted by Crippen LogP contribution is -2.33. The summed E-state index contributed by atoms with van der Waals surface area (Å²) in [7, 11) is 1.62. The van der Waals surface area contributed by atoms with Gasteiger partial charge in [-0.2, -0.15) is 0 Å². The molecule has 5 nitrogen and oxygen atoms in total. The molecule has 1 aliphatic rings. The number of ether oxygens (including phenoxy) is 1. The molecule has 0 aliphatic carbocycles. The number of nitrogens with zero attached hydrogens (tertiary/aromatic N) is 3. The largest absolute Gasteiger partial charge is 0.497 e. The standard InChI is InChI=1S/C25H26ClN3O2/c1-16(2)24-27-22-13-15-29(25(30)18-6-10-20(31-3)11-7-18)14-12-21(22)23(28-24)17-4-8-19(26)9-5-17/h4-11,16H,12-15H2,1-3H3. The number of amides is 1. The molecule has 0 N–H and O–H groups in total. The van der Waals surface area contributed by atoms with Crippen molar-refractivity contribution in [1.29, 1.82) is 0 Å². The Bertz CT molecular complexity index is 1080. The van der Waals surface area contributed by atoms with Crippen LogP contribution in [0.15, 0.2) is 48.5 Å². The molecule has 1 amide bonds. The van der Waals surface area contributed by atoms with Gasteiger partial charge in [-0.15, -0.1) is 0 Å². The van der Waals surface area contributed by atoms with E-state index in [1.807, 2.05) is 53.4 Å². The van der Waals surface area contributed by atoms with Crippen LogP contribution in [-0.2, 0) is 12.8 Å². The van der Waals surface area contributed by atoms with Gasteiger partial charge in [0.1, 0.15) is 11.6 Å². The van der Waals surface area contributed by atoms with Crippen LogP contribution in [-0.4, -0.2) is 41.0 Å². The monoisotopic (exact) mass is 435 g/mol. The Hall–Kier alpha value is -2.92. The number of aromatic nitrogens is 2. The fraction of sp³-hybridized carbons (Fsp3) is 0.320. The first-order valence-electron chi connectivity index (χ1n) is 10.5. The van der Waals surface area contributed by atoms with Crippen molar-refractivity contribution in [2.24, 2.45) is 0 Å². The van der Waals surface area contributed by atoms with Gasteiger partial charge in [0, 0.05) is 52.8 Å². The molecular formula is C25H26ClN3O2. The van der Waals surface area contributed by atoms with Crippen molar-refractivity contribution in [3.05, 3.63) is 76.2 Å². The Labute approximate surface area is 188 Å². The van der Waals surface area contributed by atoms with Crippen LogP contribution in [0.2, 0.25) is 5.02 Å². The van der Waals surface area contributed by atoms with E-state index in [0.29, 0.717) is 36.5 Å². The van der Waals surface area contributed by atoms with Gasteiger partial charge in [0.25, 0.3) is 5.91 Å². The van der Waals surface area contributed by atoms with Crippen molar-refractivity contribution in [2.75, 3.05) is 20.2 Å². The number of methoxy groups -OCH3 is 1. The molecule has 0 radical (unpaired) electrons. The van der Waals surface area contributed by atoms with Gasteiger partial charge in [-0.1, -0.05) is 37.6 Å². The quantitative estimate of drug-likeness (QED) is 0.567. The summed E-state index contributed by atoms with van der Waals surface area (Å²) >= 11 is 6.10. The second-order valence-electron chi connectivity index (χ2n) is 8.04. The summed E-state index contributed by atoms with van der Waals surface area (Å²) < 4.78 is 5.20. The van der Waals surface area contributed by atoms with Crippen LogP contribution in [0.25, 0.3) is 11.3 Å². The number of carbonyl (C=O) groups excluding carboxylic acids is 1. The Morgan fingerprint density at radius 3 is 2.32 bits per heavy atom. The van der Waals surface area contributed by atoms with Gasteiger partial charge in [0.05, 0.1) is 12.8 Å². The Balaban J connectivity index is 1.65. The number of carbonyl (C=O) groups is 1. The second-order valence-corrected chi connectivity index (χ2v) is 8.47. The van der Waals surface area contributed by atoms with E-state index in [-0.39, 0.29) is 11.8 Å². The normalized spacial score (nSPS) is 13.6. The molecule has 0 saturated heterocycles. The molecule has 3 aromatic rings. The van der Waals surface area contributed by atoms with E-state index < -0.39 is 0 Å². The lowest BCUT2D eigenvalue weighted by molar-refractivity contribution is 0.0763. The number of rotatable bonds is 4. The third-order valence-corrected chi connectivity index (χ3v) is 5.87. The minimum Gasteiger partial charge on any atom is -0.497 e. The molecule has 31 heavy (non-hydrogen) atoms. The van der Waals surface area contributed by atoms with E-state index in [0.717, 1.165) is 34.1 Å². The number of fused-ring (bicyclic) bond motifs is 1. The molecular weight excluding hydrogens is 410 g/mol. The lowest BCUT2D eigenvalue weighted by Gasteiger charge is -2.20. The van der Waals surface area contributed by atoms with Crippen LogP contribution < -0.4 is 4.74 Å². The lowest BCUT2D eigenvalue weighted by atomic mass is 10.00. The highest BCUT2D eigenvalue weighted by molar-refractivity contribution is 6.30. The van der Waals surface area contributed by atoms with Crippen molar-refractivity contribution in [3.8, 4) is 17.0 Å². The Kier molecular flexibility index (Phi) is 6.23. The number of hydrogen-bond acceptors (Lipinski definition) is 4. The zero-order valence-corrected chi connectivity index (χ0v) is 18.8. The summed E-state index contributed by atoms with van der Waals surface area (Å²) in [4.78, 5) is 24.8. The van der Waals surface area contributed by atoms with Crippen LogP contribution in [0, 0.1) is 0 Å². The predicted molar refractivity (Wildman–Crippen MR) is 123 cm³/mol. The molecule has 2 aromatic carbocycles. The molecule has 0 fully saturated rings. The summed E-state index contributed by atoms with van der Waals surface area (Å²) in [5.41, 5.74) is 4.80. The van der Waals surface area contributed by atoms with Gasteiger partial charge in [-0.25, -0.2) is 9.97 Å². The van der Waals surface area contributed by atoms with E-state index in [1.165, 1.54) is 0 Å². The van der Waals surface area contributed by atoms with Gasteiger partial charge in [-0.05, 0) is 42.8 Å². The van der Waals surface area contributed by atoms with Crippen molar-refractivity contribution in [2.45, 2.75) is 32.6 Å². The average molecular weight is 436 g/mol. The molecule has 2 heterocycles. The minimum atomic E-state index is 0.0283. The van der Waals surface area contributed by atoms with Gasteiger partial charge in [0.2, 0.25) is 0 Å². The van der Waals surface area contributed by atoms with E-state index in [4.69, 9.17) is 26.3 Å². The molecule has 0 spiro atoms. The van der Waals surface area contributed by atoms with Crippen molar-refractivity contribution in [1.82, 2.24) is 14.9 Å². The van der Waals surface area contributed by atoms with Crippen LogP contribution in [0.1, 0.15) is 47.2 Å². The summed E-state index contributed by atoms with van der Waals surface area (Å²) in [6, 6.07) is 15.0. The molecule has 0 unspecified atom stereocenters. The maximum absolute atomic E-state index is 13.1. The van der Waals surface area contributed by atoms with Crippen LogP contribution >= 0.6 is 11.6 Å². The Morgan fingerprint density at radius 1 is 1.00 bits per heavy atom. The fourth-order valence-corrected chi connectivity index (χ4v) is 3.97. The second kappa shape index (κ2) is 9.06. The molecule has 0 atom stereocenters. The third-order valence-electron chi connectivity index (χ3n) is 5.62. The fourth-order valence-electron chi connectivity index (χ4n) is 3.84. The molecule has 0 saturated carbocycles. The SMILES string of the molecule is COc1ccc(C(=O)N2CCc3nc(C(C)C)nc(-c4ccc(Cl)cc4)c3CC2)cc1. The number of benzene rings is 2. The highest BCUT2D eigenvalue weighted by atomic mass is 35.5. The van der Waals surface area contributed by atoms with E-state index in [9.17, 15) is 4.79 Å². The smallest absolute Gasteiger partial charge is 0.253 e. The molecule has 160 valence electrons. The number of hydrogen-bond donors (Lipinski definition) is 0. The first-order valence-corrected chi connectivity index (χ1v) is 10.9. The summed E-state index contributed by atoms with van der Waals surface area (Å²) in [6.07, 6.45) is 1.42. The third kappa shape index (κ3) is 4.57. The van der Waals surface area contributed by atoms with Gasteiger partial charge >= 0.3 is 0 Å². The molecule has 0 bridgehead atoms. The minimum absolute atomic E-state index is 0.0283. The van der Waals surface area contributed by atoms with Crippen LogP contribution in [0.3, 0.4) is 0 Å². The summed E-state index contributed by atoms with van der Waals surface area (Å²) in [5, 5.41) is 0.698. The topological polar surface area (TPSA) is 55.3 Å². The zero-order chi connectivity index (χ0) is 22.0. The average Bonchev–Trinajstić information content (AvgIpc) is 3.01. The molecule has 1 aliphatic heterocycles. The Morgan fingerprint density at radius 2 is 1.68 bits per heavy atom. The number of halogens is 1. The summed E-state index contributed by atoms with van der Waals surface area (Å²) in [5.74, 6) is 1.82. The highest BCUT2D eigenvalue weighted by Gasteiger charge is 2.24. The summed E-state index contributed by atoms with van der Waals surface area (Å²) in [6.45, 7) is 5.46. The van der Waals surface area contributed by atoms with E-state index in [2.05, 4.69) is 13.8 Å². The van der Waals surface area contributed by atoms with Crippen molar-refractivity contribution in [3.63, 3.8) is 0 Å². The van der Waals surface area contributed by atoms with Gasteiger partial charge < -0.3 is 9.64 Å². The van der Waals surface area contributed by atoms with E-state index in [1.54, 1.807) is 7.11 Å². The van der Waals surface area contributed by atoms with Crippen molar-refractivity contribution < 1.29 is 9.53 Å². The zero-order valence-electron chi connectivity index (χ0n) is 18.1. The predicted octanol–water partition coefficient (Wildman–Crippen LogP) is 5.17. The first kappa shape index (κ1) is 21.3. The first-order chi connectivity index (χ1) is 15.0. The molecule has 6 heteroatoms. The maximum atomic E-state index is 13.1.